The third-order valence-electron chi connectivity index (χ3n) is 2.40. The summed E-state index contributed by atoms with van der Waals surface area (Å²) >= 11 is 9.18. The maximum Gasteiger partial charge on any atom is 0.233 e. The molecule has 2 aromatic rings. The quantitative estimate of drug-likeness (QED) is 0.918. The number of rotatable bonds is 4. The number of pyridine rings is 1. The van der Waals surface area contributed by atoms with Crippen LogP contribution in [-0.4, -0.2) is 12.1 Å². The van der Waals surface area contributed by atoms with E-state index in [0.717, 1.165) is 5.56 Å². The normalized spacial score (nSPS) is 10.3. The van der Waals surface area contributed by atoms with Gasteiger partial charge in [0, 0.05) is 18.8 Å². The van der Waals surface area contributed by atoms with Gasteiger partial charge in [0.15, 0.2) is 0 Å². The average Bonchev–Trinajstić information content (AvgIpc) is 2.41. The van der Waals surface area contributed by atoms with Gasteiger partial charge in [-0.2, -0.15) is 0 Å². The molecule has 0 aliphatic heterocycles. The van der Waals surface area contributed by atoms with Gasteiger partial charge in [0.25, 0.3) is 0 Å². The molecular weight excluding hydrogens is 332 g/mol. The Labute approximate surface area is 124 Å². The maximum absolute atomic E-state index is 5.83. The third kappa shape index (κ3) is 3.59. The maximum atomic E-state index is 5.83. The lowest BCUT2D eigenvalue weighted by Gasteiger charge is -2.10. The lowest BCUT2D eigenvalue weighted by atomic mass is 10.2. The lowest BCUT2D eigenvalue weighted by Crippen LogP contribution is -1.98. The minimum atomic E-state index is 0.406. The Hall–Kier alpha value is -1.30. The molecule has 0 radical (unpaired) electrons. The number of halogens is 2. The van der Waals surface area contributed by atoms with Crippen LogP contribution >= 0.6 is 27.5 Å². The van der Waals surface area contributed by atoms with Crippen LogP contribution in [0, 0.1) is 0 Å². The number of nitrogens with zero attached hydrogens (tertiary/aromatic N) is 1. The summed E-state index contributed by atoms with van der Waals surface area (Å²) in [5.74, 6) is 1.72. The molecule has 1 heterocycles. The highest BCUT2D eigenvalue weighted by molar-refractivity contribution is 9.10. The van der Waals surface area contributed by atoms with Crippen molar-refractivity contribution >= 4 is 27.5 Å². The van der Waals surface area contributed by atoms with Crippen molar-refractivity contribution in [1.29, 1.82) is 0 Å². The van der Waals surface area contributed by atoms with Crippen LogP contribution in [-0.2, 0) is 6.54 Å². The van der Waals surface area contributed by atoms with Gasteiger partial charge in [-0.1, -0.05) is 11.6 Å². The molecule has 100 valence electrons. The Balaban J connectivity index is 2.31. The van der Waals surface area contributed by atoms with Crippen molar-refractivity contribution < 1.29 is 9.47 Å². The molecule has 0 aliphatic rings. The molecule has 1 aromatic carbocycles. The summed E-state index contributed by atoms with van der Waals surface area (Å²) in [5, 5.41) is 0.535. The van der Waals surface area contributed by atoms with Crippen molar-refractivity contribution in [1.82, 2.24) is 4.98 Å². The van der Waals surface area contributed by atoms with Crippen LogP contribution in [0.3, 0.4) is 0 Å². The fourth-order valence-corrected chi connectivity index (χ4v) is 2.23. The molecule has 4 nitrogen and oxygen atoms in total. The van der Waals surface area contributed by atoms with E-state index >= 15 is 0 Å². The fourth-order valence-electron chi connectivity index (χ4n) is 1.51. The van der Waals surface area contributed by atoms with E-state index < -0.39 is 0 Å². The van der Waals surface area contributed by atoms with Gasteiger partial charge in [-0.3, -0.25) is 0 Å². The zero-order valence-electron chi connectivity index (χ0n) is 10.2. The van der Waals surface area contributed by atoms with Crippen molar-refractivity contribution in [2.24, 2.45) is 5.73 Å². The molecule has 1 aromatic heterocycles. The number of hydrogen-bond acceptors (Lipinski definition) is 4. The Morgan fingerprint density at radius 1 is 1.26 bits per heavy atom. The van der Waals surface area contributed by atoms with E-state index in [1.807, 2.05) is 12.1 Å². The second-order valence-electron chi connectivity index (χ2n) is 3.76. The zero-order chi connectivity index (χ0) is 13.8. The molecule has 0 aliphatic carbocycles. The number of methoxy groups -OCH3 is 1. The molecule has 6 heteroatoms. The summed E-state index contributed by atoms with van der Waals surface area (Å²) in [6.07, 6.45) is 1.52. The van der Waals surface area contributed by atoms with Crippen LogP contribution in [0.5, 0.6) is 17.4 Å². The minimum Gasteiger partial charge on any atom is -0.497 e. The summed E-state index contributed by atoms with van der Waals surface area (Å²) in [6.45, 7) is 0.406. The van der Waals surface area contributed by atoms with E-state index in [4.69, 9.17) is 26.8 Å². The van der Waals surface area contributed by atoms with Gasteiger partial charge in [-0.25, -0.2) is 4.98 Å². The number of hydrogen-bond donors (Lipinski definition) is 1. The smallest absolute Gasteiger partial charge is 0.233 e. The van der Waals surface area contributed by atoms with Crippen molar-refractivity contribution in [2.75, 3.05) is 7.11 Å². The molecule has 0 amide bonds. The topological polar surface area (TPSA) is 57.4 Å². The van der Waals surface area contributed by atoms with Crippen molar-refractivity contribution in [3.05, 3.63) is 45.5 Å². The average molecular weight is 344 g/mol. The Kier molecular flexibility index (Phi) is 4.63. The molecule has 0 spiro atoms. The van der Waals surface area contributed by atoms with Crippen molar-refractivity contribution in [3.8, 4) is 17.4 Å². The first-order chi connectivity index (χ1) is 9.12. The molecule has 0 saturated carbocycles. The molecule has 19 heavy (non-hydrogen) atoms. The minimum absolute atomic E-state index is 0.406. The van der Waals surface area contributed by atoms with Gasteiger partial charge in [0.1, 0.15) is 11.5 Å². The van der Waals surface area contributed by atoms with E-state index in [2.05, 4.69) is 20.9 Å². The summed E-state index contributed by atoms with van der Waals surface area (Å²) in [4.78, 5) is 4.11. The van der Waals surface area contributed by atoms with E-state index in [1.54, 1.807) is 19.2 Å². The SMILES string of the molecule is COc1cc(CN)cc(Oc2ncc(Cl)cc2Br)c1. The summed E-state index contributed by atoms with van der Waals surface area (Å²) in [5.41, 5.74) is 6.55. The van der Waals surface area contributed by atoms with Crippen LogP contribution in [0.4, 0.5) is 0 Å². The first-order valence-electron chi connectivity index (χ1n) is 5.49. The second kappa shape index (κ2) is 6.23. The molecular formula is C13H12BrClN2O2. The molecule has 0 unspecified atom stereocenters. The second-order valence-corrected chi connectivity index (χ2v) is 5.05. The van der Waals surface area contributed by atoms with Crippen molar-refractivity contribution in [2.45, 2.75) is 6.54 Å². The first kappa shape index (κ1) is 14.1. The van der Waals surface area contributed by atoms with E-state index in [-0.39, 0.29) is 0 Å². The molecule has 2 rings (SSSR count). The number of nitrogens with two attached hydrogens (primary N) is 1. The van der Waals surface area contributed by atoms with E-state index in [1.165, 1.54) is 6.20 Å². The van der Waals surface area contributed by atoms with Gasteiger partial charge in [-0.15, -0.1) is 0 Å². The fraction of sp³-hybridized carbons (Fsp3) is 0.154. The van der Waals surface area contributed by atoms with Crippen LogP contribution in [0.1, 0.15) is 5.56 Å². The van der Waals surface area contributed by atoms with E-state index in [0.29, 0.717) is 33.4 Å². The van der Waals surface area contributed by atoms with Gasteiger partial charge in [0.2, 0.25) is 5.88 Å². The van der Waals surface area contributed by atoms with Gasteiger partial charge < -0.3 is 15.2 Å². The van der Waals surface area contributed by atoms with Gasteiger partial charge >= 0.3 is 0 Å². The van der Waals surface area contributed by atoms with Crippen LogP contribution in [0.15, 0.2) is 34.9 Å². The Morgan fingerprint density at radius 3 is 2.63 bits per heavy atom. The van der Waals surface area contributed by atoms with Crippen molar-refractivity contribution in [3.63, 3.8) is 0 Å². The van der Waals surface area contributed by atoms with Gasteiger partial charge in [0.05, 0.1) is 16.6 Å². The molecule has 0 atom stereocenters. The number of aromatic nitrogens is 1. The monoisotopic (exact) mass is 342 g/mol. The molecule has 0 saturated heterocycles. The summed E-state index contributed by atoms with van der Waals surface area (Å²) in [7, 11) is 1.59. The molecule has 2 N–H and O–H groups in total. The number of ether oxygens (including phenoxy) is 2. The Bertz CT molecular complexity index is 571. The molecule has 0 fully saturated rings. The predicted octanol–water partition coefficient (Wildman–Crippen LogP) is 3.76. The zero-order valence-corrected chi connectivity index (χ0v) is 12.5. The van der Waals surface area contributed by atoms with Crippen LogP contribution in [0.25, 0.3) is 0 Å². The highest BCUT2D eigenvalue weighted by Crippen LogP contribution is 2.31. The standard InChI is InChI=1S/C13H12BrClN2O2/c1-18-10-2-8(6-16)3-11(5-10)19-13-12(14)4-9(15)7-17-13/h2-5,7H,6,16H2,1H3. The highest BCUT2D eigenvalue weighted by atomic mass is 79.9. The number of benzene rings is 1. The Morgan fingerprint density at radius 2 is 2.00 bits per heavy atom. The predicted molar refractivity (Wildman–Crippen MR) is 77.9 cm³/mol. The largest absolute Gasteiger partial charge is 0.497 e. The van der Waals surface area contributed by atoms with Crippen LogP contribution < -0.4 is 15.2 Å². The van der Waals surface area contributed by atoms with E-state index in [9.17, 15) is 0 Å². The first-order valence-corrected chi connectivity index (χ1v) is 6.66. The summed E-state index contributed by atoms with van der Waals surface area (Å²) in [6, 6.07) is 7.18. The lowest BCUT2D eigenvalue weighted by molar-refractivity contribution is 0.406. The molecule has 0 bridgehead atoms. The van der Waals surface area contributed by atoms with Gasteiger partial charge in [-0.05, 0) is 39.7 Å². The van der Waals surface area contributed by atoms with Crippen LogP contribution in [0.2, 0.25) is 5.02 Å². The summed E-state index contributed by atoms with van der Waals surface area (Å²) < 4.78 is 11.6. The third-order valence-corrected chi connectivity index (χ3v) is 3.17. The highest BCUT2D eigenvalue weighted by Gasteiger charge is 2.07.